The summed E-state index contributed by atoms with van der Waals surface area (Å²) in [6.45, 7) is 6.02. The zero-order chi connectivity index (χ0) is 21.6. The molecule has 2 aromatic rings. The Kier molecular flexibility index (Phi) is 8.11. The molecular formula is C22H29ClN2O3S. The van der Waals surface area contributed by atoms with Crippen LogP contribution in [0.15, 0.2) is 42.5 Å². The molecule has 0 aromatic heterocycles. The van der Waals surface area contributed by atoms with Crippen LogP contribution in [0.1, 0.15) is 36.5 Å². The summed E-state index contributed by atoms with van der Waals surface area (Å²) >= 11 is 6.17. The molecule has 7 heteroatoms. The Bertz CT molecular complexity index is 960. The lowest BCUT2D eigenvalue weighted by Crippen LogP contribution is -2.49. The molecule has 0 heterocycles. The van der Waals surface area contributed by atoms with E-state index >= 15 is 0 Å². The van der Waals surface area contributed by atoms with E-state index in [-0.39, 0.29) is 5.91 Å². The zero-order valence-electron chi connectivity index (χ0n) is 17.4. The van der Waals surface area contributed by atoms with E-state index in [1.165, 1.54) is 4.31 Å². The van der Waals surface area contributed by atoms with Gasteiger partial charge in [-0.2, -0.15) is 0 Å². The molecule has 0 bridgehead atoms. The third-order valence-electron chi connectivity index (χ3n) is 4.81. The van der Waals surface area contributed by atoms with Crippen molar-refractivity contribution in [3.63, 3.8) is 0 Å². The Hall–Kier alpha value is -2.05. The van der Waals surface area contributed by atoms with Crippen LogP contribution >= 0.6 is 11.6 Å². The second-order valence-electron chi connectivity index (χ2n) is 7.26. The van der Waals surface area contributed by atoms with Crippen molar-refractivity contribution in [1.82, 2.24) is 5.32 Å². The summed E-state index contributed by atoms with van der Waals surface area (Å²) in [5.74, 6) is -0.294. The van der Waals surface area contributed by atoms with E-state index in [0.717, 1.165) is 29.4 Å². The van der Waals surface area contributed by atoms with E-state index in [4.69, 9.17) is 11.6 Å². The summed E-state index contributed by atoms with van der Waals surface area (Å²) in [5.41, 5.74) is 3.33. The quantitative estimate of drug-likeness (QED) is 0.597. The lowest BCUT2D eigenvalue weighted by atomic mass is 10.1. The first-order valence-corrected chi connectivity index (χ1v) is 12.0. The Morgan fingerprint density at radius 3 is 2.48 bits per heavy atom. The van der Waals surface area contributed by atoms with Crippen molar-refractivity contribution in [3.8, 4) is 0 Å². The minimum Gasteiger partial charge on any atom is -0.354 e. The second-order valence-corrected chi connectivity index (χ2v) is 9.53. The molecule has 29 heavy (non-hydrogen) atoms. The molecule has 1 amide bonds. The van der Waals surface area contributed by atoms with E-state index in [1.54, 1.807) is 0 Å². The molecule has 0 fully saturated rings. The molecule has 0 aliphatic carbocycles. The van der Waals surface area contributed by atoms with Crippen LogP contribution in [-0.2, 0) is 21.2 Å². The van der Waals surface area contributed by atoms with Crippen molar-refractivity contribution < 1.29 is 13.2 Å². The summed E-state index contributed by atoms with van der Waals surface area (Å²) in [7, 11) is -3.64. The zero-order valence-corrected chi connectivity index (χ0v) is 19.0. The molecule has 0 aliphatic heterocycles. The maximum Gasteiger partial charge on any atom is 0.243 e. The van der Waals surface area contributed by atoms with Gasteiger partial charge in [0.05, 0.1) is 11.9 Å². The Labute approximate surface area is 179 Å². The number of carbonyl (C=O) groups is 1. The summed E-state index contributed by atoms with van der Waals surface area (Å²) in [6, 6.07) is 12.4. The van der Waals surface area contributed by atoms with Gasteiger partial charge >= 0.3 is 0 Å². The Morgan fingerprint density at radius 1 is 1.17 bits per heavy atom. The predicted molar refractivity (Wildman–Crippen MR) is 120 cm³/mol. The van der Waals surface area contributed by atoms with Gasteiger partial charge in [-0.1, -0.05) is 48.9 Å². The molecule has 1 atom stereocenters. The molecule has 0 unspecified atom stereocenters. The molecule has 0 saturated heterocycles. The van der Waals surface area contributed by atoms with E-state index in [9.17, 15) is 13.2 Å². The number of hydrogen-bond donors (Lipinski definition) is 1. The number of carbonyl (C=O) groups excluding carboxylic acids is 1. The second kappa shape index (κ2) is 10.1. The van der Waals surface area contributed by atoms with Gasteiger partial charge in [0.15, 0.2) is 0 Å². The molecule has 0 spiro atoms. The predicted octanol–water partition coefficient (Wildman–Crippen LogP) is 4.25. The summed E-state index contributed by atoms with van der Waals surface area (Å²) in [5, 5.41) is 3.60. The van der Waals surface area contributed by atoms with Crippen LogP contribution in [0.5, 0.6) is 0 Å². The number of hydrogen-bond acceptors (Lipinski definition) is 3. The lowest BCUT2D eigenvalue weighted by Gasteiger charge is -2.31. The van der Waals surface area contributed by atoms with Gasteiger partial charge in [0.25, 0.3) is 0 Å². The molecule has 2 rings (SSSR count). The molecule has 2 aromatic carbocycles. The molecule has 1 N–H and O–H groups in total. The average Bonchev–Trinajstić information content (AvgIpc) is 2.65. The SMILES string of the molecule is CC[C@@H](C(=O)NCCCc1ccccc1Cl)N(c1cc(C)ccc1C)S(C)(=O)=O. The normalized spacial score (nSPS) is 12.4. The van der Waals surface area contributed by atoms with Gasteiger partial charge in [0.2, 0.25) is 15.9 Å². The van der Waals surface area contributed by atoms with Crippen LogP contribution in [0.2, 0.25) is 5.02 Å². The van der Waals surface area contributed by atoms with Gasteiger partial charge in [-0.15, -0.1) is 0 Å². The number of benzene rings is 2. The van der Waals surface area contributed by atoms with Crippen LogP contribution in [-0.4, -0.2) is 33.2 Å². The number of nitrogens with one attached hydrogen (secondary N) is 1. The first-order chi connectivity index (χ1) is 13.6. The number of rotatable bonds is 9. The van der Waals surface area contributed by atoms with Crippen molar-refractivity contribution in [3.05, 3.63) is 64.2 Å². The monoisotopic (exact) mass is 436 g/mol. The van der Waals surface area contributed by atoms with Crippen LogP contribution < -0.4 is 9.62 Å². The number of aryl methyl sites for hydroxylation is 3. The minimum absolute atomic E-state index is 0.294. The van der Waals surface area contributed by atoms with Crippen LogP contribution in [0, 0.1) is 13.8 Å². The van der Waals surface area contributed by atoms with Gasteiger partial charge < -0.3 is 5.32 Å². The number of nitrogens with zero attached hydrogens (tertiary/aromatic N) is 1. The number of amides is 1. The van der Waals surface area contributed by atoms with Gasteiger partial charge in [-0.25, -0.2) is 8.42 Å². The molecule has 5 nitrogen and oxygen atoms in total. The average molecular weight is 437 g/mol. The number of sulfonamides is 1. The maximum absolute atomic E-state index is 12.9. The standard InChI is InChI=1S/C22H29ClN2O3S/c1-5-20(22(26)24-14-8-10-18-9-6-7-11-19(18)23)25(29(4,27)28)21-15-16(2)12-13-17(21)3/h6-7,9,11-13,15,20H,5,8,10,14H2,1-4H3,(H,24,26)/t20-/m0/s1. The van der Waals surface area contributed by atoms with E-state index in [2.05, 4.69) is 5.32 Å². The van der Waals surface area contributed by atoms with Crippen molar-refractivity contribution >= 4 is 33.2 Å². The highest BCUT2D eigenvalue weighted by atomic mass is 35.5. The first kappa shape index (κ1) is 23.2. The summed E-state index contributed by atoms with van der Waals surface area (Å²) in [4.78, 5) is 12.9. The van der Waals surface area contributed by atoms with Gasteiger partial charge in [-0.3, -0.25) is 9.10 Å². The smallest absolute Gasteiger partial charge is 0.243 e. The highest BCUT2D eigenvalue weighted by Gasteiger charge is 2.32. The van der Waals surface area contributed by atoms with Crippen molar-refractivity contribution in [1.29, 1.82) is 0 Å². The van der Waals surface area contributed by atoms with Gasteiger partial charge in [-0.05, 0) is 61.9 Å². The van der Waals surface area contributed by atoms with Crippen LogP contribution in [0.4, 0.5) is 5.69 Å². The fraction of sp³-hybridized carbons (Fsp3) is 0.409. The van der Waals surface area contributed by atoms with E-state index < -0.39 is 16.1 Å². The Balaban J connectivity index is 2.12. The molecule has 158 valence electrons. The topological polar surface area (TPSA) is 66.5 Å². The Morgan fingerprint density at radius 2 is 1.86 bits per heavy atom. The minimum atomic E-state index is -3.64. The first-order valence-electron chi connectivity index (χ1n) is 9.73. The lowest BCUT2D eigenvalue weighted by molar-refractivity contribution is -0.122. The third kappa shape index (κ3) is 6.21. The summed E-state index contributed by atoms with van der Waals surface area (Å²) < 4.78 is 26.4. The highest BCUT2D eigenvalue weighted by Crippen LogP contribution is 2.27. The van der Waals surface area contributed by atoms with Crippen molar-refractivity contribution in [2.45, 2.75) is 46.1 Å². The van der Waals surface area contributed by atoms with Crippen LogP contribution in [0.3, 0.4) is 0 Å². The maximum atomic E-state index is 12.9. The van der Waals surface area contributed by atoms with Crippen molar-refractivity contribution in [2.24, 2.45) is 0 Å². The van der Waals surface area contributed by atoms with E-state index in [1.807, 2.05) is 63.2 Å². The highest BCUT2D eigenvalue weighted by molar-refractivity contribution is 7.92. The van der Waals surface area contributed by atoms with Crippen molar-refractivity contribution in [2.75, 3.05) is 17.1 Å². The molecule has 0 aliphatic rings. The molecule has 0 radical (unpaired) electrons. The summed E-state index contributed by atoms with van der Waals surface area (Å²) in [6.07, 6.45) is 2.97. The number of halogens is 1. The molecule has 0 saturated carbocycles. The third-order valence-corrected chi connectivity index (χ3v) is 6.35. The van der Waals surface area contributed by atoms with E-state index in [0.29, 0.717) is 30.1 Å². The fourth-order valence-electron chi connectivity index (χ4n) is 3.30. The molecular weight excluding hydrogens is 408 g/mol. The largest absolute Gasteiger partial charge is 0.354 e. The van der Waals surface area contributed by atoms with Gasteiger partial charge in [0.1, 0.15) is 6.04 Å². The van der Waals surface area contributed by atoms with Gasteiger partial charge in [0, 0.05) is 11.6 Å². The van der Waals surface area contributed by atoms with Crippen LogP contribution in [0.25, 0.3) is 0 Å². The fourth-order valence-corrected chi connectivity index (χ4v) is 4.79. The number of anilines is 1.